The van der Waals surface area contributed by atoms with E-state index in [4.69, 9.17) is 0 Å². The van der Waals surface area contributed by atoms with E-state index in [0.717, 1.165) is 6.20 Å². The van der Waals surface area contributed by atoms with Gasteiger partial charge in [0.15, 0.2) is 0 Å². The molecule has 1 aliphatic rings. The molecular weight excluding hydrogens is 276 g/mol. The summed E-state index contributed by atoms with van der Waals surface area (Å²) in [5, 5.41) is 23.3. The van der Waals surface area contributed by atoms with Crippen LogP contribution in [0.5, 0.6) is 0 Å². The first kappa shape index (κ1) is 15.2. The lowest BCUT2D eigenvalue weighted by Crippen LogP contribution is -2.45. The van der Waals surface area contributed by atoms with Crippen molar-refractivity contribution in [1.29, 1.82) is 0 Å². The van der Waals surface area contributed by atoms with Crippen molar-refractivity contribution < 1.29 is 14.8 Å². The highest BCUT2D eigenvalue weighted by Crippen LogP contribution is 2.24. The Labute approximate surface area is 121 Å². The molecule has 8 nitrogen and oxygen atoms in total. The minimum absolute atomic E-state index is 0.0209. The molecule has 2 rings (SSSR count). The fraction of sp³-hybridized carbons (Fsp3) is 0.538. The second-order valence-corrected chi connectivity index (χ2v) is 5.18. The van der Waals surface area contributed by atoms with Gasteiger partial charge in [0.1, 0.15) is 12.0 Å². The number of likely N-dealkylation sites (tertiary alicyclic amines) is 1. The predicted molar refractivity (Wildman–Crippen MR) is 76.1 cm³/mol. The maximum Gasteiger partial charge on any atom is 0.288 e. The number of piperidine rings is 1. The van der Waals surface area contributed by atoms with Gasteiger partial charge in [-0.3, -0.25) is 14.9 Å². The van der Waals surface area contributed by atoms with E-state index in [1.807, 2.05) is 6.92 Å². The third-order valence-electron chi connectivity index (χ3n) is 3.70. The molecule has 1 amide bonds. The molecule has 0 aliphatic carbocycles. The number of hydrogen-bond donors (Lipinski definition) is 2. The Morgan fingerprint density at radius 3 is 2.90 bits per heavy atom. The van der Waals surface area contributed by atoms with Crippen LogP contribution in [0.2, 0.25) is 0 Å². The molecule has 0 aromatic carbocycles. The van der Waals surface area contributed by atoms with Crippen molar-refractivity contribution in [3.05, 3.63) is 27.9 Å². The number of aromatic nitrogens is 1. The van der Waals surface area contributed by atoms with Crippen molar-refractivity contribution in [2.45, 2.75) is 19.4 Å². The van der Waals surface area contributed by atoms with Gasteiger partial charge in [0.25, 0.3) is 11.6 Å². The third-order valence-corrected chi connectivity index (χ3v) is 3.70. The van der Waals surface area contributed by atoms with Crippen molar-refractivity contribution in [2.75, 3.05) is 25.5 Å². The summed E-state index contributed by atoms with van der Waals surface area (Å²) in [6.45, 7) is 2.72. The van der Waals surface area contributed by atoms with E-state index in [1.54, 1.807) is 11.9 Å². The van der Waals surface area contributed by atoms with Crippen LogP contribution in [-0.4, -0.2) is 52.1 Å². The smallest absolute Gasteiger partial charge is 0.288 e. The number of carbonyl (C=O) groups excluding carboxylic acids is 1. The summed E-state index contributed by atoms with van der Waals surface area (Å²) in [4.78, 5) is 28.3. The number of hydrogen-bond acceptors (Lipinski definition) is 6. The van der Waals surface area contributed by atoms with Crippen molar-refractivity contribution in [3.8, 4) is 0 Å². The van der Waals surface area contributed by atoms with Gasteiger partial charge in [-0.05, 0) is 12.3 Å². The number of aliphatic hydroxyl groups excluding tert-OH is 1. The van der Waals surface area contributed by atoms with E-state index in [1.165, 1.54) is 6.07 Å². The van der Waals surface area contributed by atoms with Crippen LogP contribution in [0.25, 0.3) is 0 Å². The SMILES string of the molecule is CNc1ncc([N+](=O)[O-])cc1C(=O)N1CCC(O)C(C)C1. The lowest BCUT2D eigenvalue weighted by Gasteiger charge is -2.34. The Morgan fingerprint density at radius 2 is 2.33 bits per heavy atom. The predicted octanol–water partition coefficient (Wildman–Crippen LogP) is 0.874. The third kappa shape index (κ3) is 3.10. The number of amides is 1. The molecule has 0 spiro atoms. The van der Waals surface area contributed by atoms with Crippen LogP contribution in [0.4, 0.5) is 11.5 Å². The van der Waals surface area contributed by atoms with Gasteiger partial charge in [0.2, 0.25) is 0 Å². The van der Waals surface area contributed by atoms with Crippen LogP contribution in [0.3, 0.4) is 0 Å². The van der Waals surface area contributed by atoms with Crippen molar-refractivity contribution in [2.24, 2.45) is 5.92 Å². The average molecular weight is 294 g/mol. The van der Waals surface area contributed by atoms with E-state index < -0.39 is 11.0 Å². The number of anilines is 1. The molecule has 1 aliphatic heterocycles. The monoisotopic (exact) mass is 294 g/mol. The summed E-state index contributed by atoms with van der Waals surface area (Å²) >= 11 is 0. The maximum absolute atomic E-state index is 12.5. The summed E-state index contributed by atoms with van der Waals surface area (Å²) in [7, 11) is 1.60. The first-order valence-electron chi connectivity index (χ1n) is 6.73. The zero-order valence-electron chi connectivity index (χ0n) is 11.9. The zero-order valence-corrected chi connectivity index (χ0v) is 11.9. The largest absolute Gasteiger partial charge is 0.393 e. The summed E-state index contributed by atoms with van der Waals surface area (Å²) in [5.41, 5.74) is -0.0438. The second kappa shape index (κ2) is 6.04. The molecule has 2 atom stereocenters. The van der Waals surface area contributed by atoms with E-state index in [2.05, 4.69) is 10.3 Å². The van der Waals surface area contributed by atoms with Crippen molar-refractivity contribution in [1.82, 2.24) is 9.88 Å². The Balaban J connectivity index is 2.29. The molecular formula is C13H18N4O4. The van der Waals surface area contributed by atoms with Crippen molar-refractivity contribution >= 4 is 17.4 Å². The van der Waals surface area contributed by atoms with Crippen LogP contribution in [0, 0.1) is 16.0 Å². The summed E-state index contributed by atoms with van der Waals surface area (Å²) in [6.07, 6.45) is 1.20. The van der Waals surface area contributed by atoms with Gasteiger partial charge < -0.3 is 15.3 Å². The lowest BCUT2D eigenvalue weighted by molar-refractivity contribution is -0.385. The molecule has 1 aromatic heterocycles. The first-order chi connectivity index (χ1) is 9.93. The number of nitrogens with one attached hydrogen (secondary N) is 1. The second-order valence-electron chi connectivity index (χ2n) is 5.18. The molecule has 2 N–H and O–H groups in total. The normalized spacial score (nSPS) is 22.0. The molecule has 8 heteroatoms. The molecule has 1 fully saturated rings. The number of pyridine rings is 1. The van der Waals surface area contributed by atoms with E-state index in [0.29, 0.717) is 25.3 Å². The number of carbonyl (C=O) groups is 1. The number of aliphatic hydroxyl groups is 1. The molecule has 0 bridgehead atoms. The van der Waals surface area contributed by atoms with Crippen LogP contribution in [0.1, 0.15) is 23.7 Å². The van der Waals surface area contributed by atoms with Crippen LogP contribution >= 0.6 is 0 Å². The molecule has 1 aromatic rings. The fourth-order valence-electron chi connectivity index (χ4n) is 2.40. The minimum Gasteiger partial charge on any atom is -0.393 e. The van der Waals surface area contributed by atoms with Gasteiger partial charge in [-0.1, -0.05) is 6.92 Å². The molecule has 21 heavy (non-hydrogen) atoms. The quantitative estimate of drug-likeness (QED) is 0.632. The van der Waals surface area contributed by atoms with Gasteiger partial charge in [-0.25, -0.2) is 4.98 Å². The summed E-state index contributed by atoms with van der Waals surface area (Å²) in [6, 6.07) is 1.23. The highest BCUT2D eigenvalue weighted by atomic mass is 16.6. The topological polar surface area (TPSA) is 109 Å². The molecule has 114 valence electrons. The molecule has 0 radical (unpaired) electrons. The summed E-state index contributed by atoms with van der Waals surface area (Å²) < 4.78 is 0. The van der Waals surface area contributed by atoms with Gasteiger partial charge in [0.05, 0.1) is 16.6 Å². The van der Waals surface area contributed by atoms with E-state index in [-0.39, 0.29) is 23.1 Å². The minimum atomic E-state index is -0.578. The molecule has 2 heterocycles. The highest BCUT2D eigenvalue weighted by molar-refractivity contribution is 5.99. The number of rotatable bonds is 3. The highest BCUT2D eigenvalue weighted by Gasteiger charge is 2.29. The van der Waals surface area contributed by atoms with Gasteiger partial charge in [-0.15, -0.1) is 0 Å². The zero-order chi connectivity index (χ0) is 15.6. The van der Waals surface area contributed by atoms with E-state index >= 15 is 0 Å². The number of nitrogens with zero attached hydrogens (tertiary/aromatic N) is 3. The molecule has 0 saturated carbocycles. The molecule has 1 saturated heterocycles. The van der Waals surface area contributed by atoms with E-state index in [9.17, 15) is 20.0 Å². The number of nitro groups is 1. The Hall–Kier alpha value is -2.22. The maximum atomic E-state index is 12.5. The Kier molecular flexibility index (Phi) is 4.37. The van der Waals surface area contributed by atoms with Gasteiger partial charge in [-0.2, -0.15) is 0 Å². The van der Waals surface area contributed by atoms with Crippen LogP contribution < -0.4 is 5.32 Å². The first-order valence-corrected chi connectivity index (χ1v) is 6.73. The Morgan fingerprint density at radius 1 is 1.62 bits per heavy atom. The van der Waals surface area contributed by atoms with Gasteiger partial charge in [0, 0.05) is 26.2 Å². The van der Waals surface area contributed by atoms with Crippen molar-refractivity contribution in [3.63, 3.8) is 0 Å². The fourth-order valence-corrected chi connectivity index (χ4v) is 2.40. The average Bonchev–Trinajstić information content (AvgIpc) is 2.48. The summed E-state index contributed by atoms with van der Waals surface area (Å²) in [5.74, 6) is -0.0222. The lowest BCUT2D eigenvalue weighted by atomic mass is 9.96. The standard InChI is InChI=1S/C13H18N4O4/c1-8-7-16(4-3-11(8)18)13(19)10-5-9(17(20)21)6-15-12(10)14-2/h5-6,8,11,18H,3-4,7H2,1-2H3,(H,14,15). The van der Waals surface area contributed by atoms with Crippen LogP contribution in [-0.2, 0) is 0 Å². The molecule has 2 unspecified atom stereocenters. The van der Waals surface area contributed by atoms with Crippen LogP contribution in [0.15, 0.2) is 12.3 Å². The Bertz CT molecular complexity index is 563. The van der Waals surface area contributed by atoms with Gasteiger partial charge >= 0.3 is 0 Å².